The van der Waals surface area contributed by atoms with Gasteiger partial charge >= 0.3 is 6.18 Å². The summed E-state index contributed by atoms with van der Waals surface area (Å²) in [6, 6.07) is 15.8. The molecular formula is C35H42F3N9O2. The van der Waals surface area contributed by atoms with Gasteiger partial charge in [-0.3, -0.25) is 14.4 Å². The van der Waals surface area contributed by atoms with Gasteiger partial charge in [-0.15, -0.1) is 0 Å². The fourth-order valence-electron chi connectivity index (χ4n) is 7.00. The molecule has 3 aliphatic heterocycles. The molecule has 3 saturated heterocycles. The van der Waals surface area contributed by atoms with Gasteiger partial charge in [0, 0.05) is 93.9 Å². The van der Waals surface area contributed by atoms with Crippen molar-refractivity contribution in [3.63, 3.8) is 0 Å². The number of likely N-dealkylation sites (N-methyl/N-ethyl adjacent to an activating group) is 1. The van der Waals surface area contributed by atoms with Crippen LogP contribution in [0.25, 0.3) is 11.1 Å². The van der Waals surface area contributed by atoms with E-state index >= 15 is 0 Å². The third-order valence-corrected chi connectivity index (χ3v) is 9.59. The van der Waals surface area contributed by atoms with Gasteiger partial charge in [0.05, 0.1) is 24.5 Å². The smallest absolute Gasteiger partial charge is 0.422 e. The highest BCUT2D eigenvalue weighted by Gasteiger charge is 2.32. The Labute approximate surface area is 284 Å². The highest BCUT2D eigenvalue weighted by molar-refractivity contribution is 5.85. The van der Waals surface area contributed by atoms with E-state index in [1.54, 1.807) is 28.1 Å². The quantitative estimate of drug-likeness (QED) is 0.240. The predicted molar refractivity (Wildman–Crippen MR) is 182 cm³/mol. The number of hydroxylamine groups is 1. The Morgan fingerprint density at radius 3 is 2.43 bits per heavy atom. The van der Waals surface area contributed by atoms with E-state index in [2.05, 4.69) is 42.1 Å². The van der Waals surface area contributed by atoms with Crippen molar-refractivity contribution >= 4 is 23.0 Å². The summed E-state index contributed by atoms with van der Waals surface area (Å²) >= 11 is 0. The van der Waals surface area contributed by atoms with Crippen LogP contribution in [0, 0.1) is 0 Å². The molecule has 5 heterocycles. The Bertz CT molecular complexity index is 1700. The van der Waals surface area contributed by atoms with Crippen molar-refractivity contribution < 1.29 is 22.7 Å². The number of rotatable bonds is 9. The predicted octanol–water partition coefficient (Wildman–Crippen LogP) is 5.66. The van der Waals surface area contributed by atoms with Gasteiger partial charge in [0.25, 0.3) is 0 Å². The molecule has 14 heteroatoms. The monoisotopic (exact) mass is 677 g/mol. The van der Waals surface area contributed by atoms with Gasteiger partial charge < -0.3 is 19.9 Å². The van der Waals surface area contributed by atoms with E-state index in [-0.39, 0.29) is 11.8 Å². The fraction of sp³-hybridized carbons (Fsp3) is 0.457. The average molecular weight is 678 g/mol. The van der Waals surface area contributed by atoms with Crippen LogP contribution in [0.15, 0.2) is 67.3 Å². The Morgan fingerprint density at radius 2 is 1.71 bits per heavy atom. The number of piperazine rings is 1. The zero-order valence-electron chi connectivity index (χ0n) is 27.8. The molecule has 0 radical (unpaired) electrons. The molecule has 0 spiro atoms. The van der Waals surface area contributed by atoms with Crippen LogP contribution in [0.4, 0.5) is 36.2 Å². The summed E-state index contributed by atoms with van der Waals surface area (Å²) in [5, 5.41) is 9.41. The topological polar surface area (TPSA) is 87.1 Å². The van der Waals surface area contributed by atoms with E-state index in [9.17, 15) is 13.2 Å². The first-order valence-corrected chi connectivity index (χ1v) is 16.8. The van der Waals surface area contributed by atoms with Gasteiger partial charge in [0.2, 0.25) is 0 Å². The maximum atomic E-state index is 13.5. The van der Waals surface area contributed by atoms with Crippen LogP contribution in [0.3, 0.4) is 0 Å². The molecule has 1 N–H and O–H groups in total. The van der Waals surface area contributed by atoms with Crippen molar-refractivity contribution in [3.05, 3.63) is 72.8 Å². The number of benzene rings is 2. The lowest BCUT2D eigenvalue weighted by atomic mass is 9.98. The van der Waals surface area contributed by atoms with Gasteiger partial charge in [-0.2, -0.15) is 18.3 Å². The first-order chi connectivity index (χ1) is 23.7. The van der Waals surface area contributed by atoms with Crippen LogP contribution in [0.1, 0.15) is 30.9 Å². The fourth-order valence-corrected chi connectivity index (χ4v) is 7.00. The van der Waals surface area contributed by atoms with Crippen LogP contribution >= 0.6 is 0 Å². The molecule has 0 aliphatic carbocycles. The lowest BCUT2D eigenvalue weighted by molar-refractivity contribution is -0.153. The van der Waals surface area contributed by atoms with Gasteiger partial charge in [0.1, 0.15) is 17.9 Å². The number of piperidine rings is 1. The first kappa shape index (κ1) is 33.1. The van der Waals surface area contributed by atoms with Crippen LogP contribution in [0.5, 0.6) is 5.75 Å². The summed E-state index contributed by atoms with van der Waals surface area (Å²) in [5.74, 6) is 1.01. The first-order valence-electron chi connectivity index (χ1n) is 16.8. The van der Waals surface area contributed by atoms with Crippen molar-refractivity contribution in [1.82, 2.24) is 29.5 Å². The van der Waals surface area contributed by atoms with Crippen LogP contribution in [-0.2, 0) is 11.9 Å². The number of aromatic nitrogens is 4. The molecule has 0 amide bonds. The third kappa shape index (κ3) is 7.76. The zero-order valence-corrected chi connectivity index (χ0v) is 27.8. The van der Waals surface area contributed by atoms with Crippen LogP contribution < -0.4 is 20.0 Å². The minimum absolute atomic E-state index is 0.0357. The molecule has 2 aromatic heterocycles. The lowest BCUT2D eigenvalue weighted by Gasteiger charge is -2.43. The Balaban J connectivity index is 1.19. The molecule has 2 aromatic carbocycles. The van der Waals surface area contributed by atoms with Gasteiger partial charge in [-0.1, -0.05) is 30.3 Å². The molecule has 0 unspecified atom stereocenters. The number of nitrogens with one attached hydrogen (secondary N) is 1. The molecule has 260 valence electrons. The van der Waals surface area contributed by atoms with Crippen LogP contribution in [0.2, 0.25) is 0 Å². The Kier molecular flexibility index (Phi) is 9.61. The Morgan fingerprint density at radius 1 is 0.939 bits per heavy atom. The zero-order chi connectivity index (χ0) is 34.0. The van der Waals surface area contributed by atoms with Crippen molar-refractivity contribution in [2.45, 2.75) is 37.5 Å². The SMILES string of the molecule is CN1CCN(C2CCN(c3cc(OCC(F)(F)F)c(Nc4cc(N5OCC[C@@H]5c5ccccc5)ncn4)cc3-c3cnn(C)c3)CC2)CC1. The van der Waals surface area contributed by atoms with Crippen LogP contribution in [-0.4, -0.2) is 101 Å². The molecule has 4 aromatic rings. The summed E-state index contributed by atoms with van der Waals surface area (Å²) in [6.45, 7) is 4.91. The molecule has 0 bridgehead atoms. The minimum atomic E-state index is -4.51. The number of hydrogen-bond acceptors (Lipinski definition) is 10. The molecule has 1 atom stereocenters. The number of alkyl halides is 3. The maximum absolute atomic E-state index is 13.5. The maximum Gasteiger partial charge on any atom is 0.422 e. The normalized spacial score (nSPS) is 19.8. The van der Waals surface area contributed by atoms with Crippen molar-refractivity contribution in [2.24, 2.45) is 7.05 Å². The highest BCUT2D eigenvalue weighted by Crippen LogP contribution is 2.42. The largest absolute Gasteiger partial charge is 0.482 e. The number of halogens is 3. The third-order valence-electron chi connectivity index (χ3n) is 9.59. The summed E-state index contributed by atoms with van der Waals surface area (Å²) in [6.07, 6.45) is 3.32. The number of anilines is 4. The molecule has 11 nitrogen and oxygen atoms in total. The second kappa shape index (κ2) is 14.2. The molecular weight excluding hydrogens is 635 g/mol. The number of hydrogen-bond donors (Lipinski definition) is 1. The summed E-state index contributed by atoms with van der Waals surface area (Å²) in [4.78, 5) is 22.0. The number of aryl methyl sites for hydroxylation is 1. The Hall–Kier alpha value is -4.40. The molecule has 49 heavy (non-hydrogen) atoms. The van der Waals surface area contributed by atoms with Gasteiger partial charge in [0.15, 0.2) is 12.4 Å². The van der Waals surface area contributed by atoms with Gasteiger partial charge in [-0.05, 0) is 31.5 Å². The molecule has 3 aliphatic rings. The lowest BCUT2D eigenvalue weighted by Crippen LogP contribution is -2.52. The molecule has 3 fully saturated rings. The summed E-state index contributed by atoms with van der Waals surface area (Å²) in [7, 11) is 4.00. The van der Waals surface area contributed by atoms with Gasteiger partial charge in [-0.25, -0.2) is 15.0 Å². The number of nitrogens with zero attached hydrogens (tertiary/aromatic N) is 8. The van der Waals surface area contributed by atoms with Crippen molar-refractivity contribution in [3.8, 4) is 16.9 Å². The van der Waals surface area contributed by atoms with Crippen molar-refractivity contribution in [2.75, 3.05) is 74.8 Å². The second-order valence-corrected chi connectivity index (χ2v) is 13.0. The standard InChI is InChI=1S/C35H42F3N9O2/c1-43-13-15-45(16-14-43)27-8-11-46(12-9-27)31-19-32(48-23-35(36,37)38)29(18-28(31)26-21-41-44(2)22-26)42-33-20-34(40-24-39-33)47-30(10-17-49-47)25-6-4-3-5-7-25/h3-7,18-22,24,27,30H,8-17,23H2,1-2H3,(H,39,40,42)/t30-/m1/s1. The number of ether oxygens (including phenoxy) is 1. The minimum Gasteiger partial charge on any atom is -0.482 e. The summed E-state index contributed by atoms with van der Waals surface area (Å²) < 4.78 is 47.8. The van der Waals surface area contributed by atoms with E-state index in [4.69, 9.17) is 9.57 Å². The highest BCUT2D eigenvalue weighted by atomic mass is 19.4. The van der Waals surface area contributed by atoms with E-state index < -0.39 is 12.8 Å². The van der Waals surface area contributed by atoms with Crippen molar-refractivity contribution in [1.29, 1.82) is 0 Å². The molecule has 7 rings (SSSR count). The average Bonchev–Trinajstić information content (AvgIpc) is 3.78. The second-order valence-electron chi connectivity index (χ2n) is 13.0. The van der Waals surface area contributed by atoms with E-state index in [0.29, 0.717) is 30.0 Å². The van der Waals surface area contributed by atoms with E-state index in [0.717, 1.165) is 80.9 Å². The van der Waals surface area contributed by atoms with E-state index in [1.165, 1.54) is 6.33 Å². The molecule has 0 saturated carbocycles. The van der Waals surface area contributed by atoms with E-state index in [1.807, 2.05) is 49.6 Å². The summed E-state index contributed by atoms with van der Waals surface area (Å²) in [5.41, 5.74) is 3.95.